The first kappa shape index (κ1) is 22.0. The smallest absolute Gasteiger partial charge is 0.412 e. The molecule has 172 valence electrons. The van der Waals surface area contributed by atoms with E-state index in [0.29, 0.717) is 28.8 Å². The van der Waals surface area contributed by atoms with E-state index in [0.717, 1.165) is 16.8 Å². The van der Waals surface area contributed by atoms with Crippen LogP contribution < -0.4 is 16.0 Å². The highest BCUT2D eigenvalue weighted by molar-refractivity contribution is 5.91. The number of nitrogens with one attached hydrogen (secondary N) is 3. The molecule has 0 aliphatic heterocycles. The van der Waals surface area contributed by atoms with Crippen molar-refractivity contribution < 1.29 is 9.53 Å². The molecule has 12 heteroatoms. The summed E-state index contributed by atoms with van der Waals surface area (Å²) >= 11 is 0. The highest BCUT2D eigenvalue weighted by Crippen LogP contribution is 2.27. The topological polar surface area (TPSA) is 137 Å². The standard InChI is InChI=1S/C21H26N10O2/c1-12-16(7-13(8-22-12)26-20(32)33-21(2,3)4)27-17-15-10-23-19(28-18(15)31(6)29-17)25-14-9-24-30(5)11-14/h7-11H,1-6H3,(H,26,32)(H,27,29)(H,23,25,28). The van der Waals surface area contributed by atoms with E-state index in [2.05, 4.69) is 41.1 Å². The van der Waals surface area contributed by atoms with Crippen molar-refractivity contribution in [3.05, 3.63) is 36.5 Å². The lowest BCUT2D eigenvalue weighted by atomic mass is 10.2. The van der Waals surface area contributed by atoms with Crippen molar-refractivity contribution in [2.75, 3.05) is 16.0 Å². The van der Waals surface area contributed by atoms with Gasteiger partial charge in [-0.3, -0.25) is 15.0 Å². The number of carbonyl (C=O) groups is 1. The third-order valence-electron chi connectivity index (χ3n) is 4.53. The summed E-state index contributed by atoms with van der Waals surface area (Å²) in [4.78, 5) is 25.4. The van der Waals surface area contributed by atoms with Gasteiger partial charge in [-0.05, 0) is 33.8 Å². The highest BCUT2D eigenvalue weighted by Gasteiger charge is 2.17. The fourth-order valence-electron chi connectivity index (χ4n) is 3.08. The van der Waals surface area contributed by atoms with Gasteiger partial charge in [0, 0.05) is 26.5 Å². The van der Waals surface area contributed by atoms with Crippen LogP contribution in [0.5, 0.6) is 0 Å². The Morgan fingerprint density at radius 3 is 2.55 bits per heavy atom. The van der Waals surface area contributed by atoms with E-state index in [1.807, 2.05) is 20.2 Å². The van der Waals surface area contributed by atoms with Crippen LogP contribution in [0.25, 0.3) is 11.0 Å². The van der Waals surface area contributed by atoms with Crippen molar-refractivity contribution in [3.63, 3.8) is 0 Å². The van der Waals surface area contributed by atoms with Crippen LogP contribution in [0.15, 0.2) is 30.9 Å². The molecule has 0 radical (unpaired) electrons. The first-order valence-electron chi connectivity index (χ1n) is 10.3. The molecule has 0 aliphatic carbocycles. The largest absolute Gasteiger partial charge is 0.444 e. The Morgan fingerprint density at radius 2 is 1.85 bits per heavy atom. The number of hydrogen-bond donors (Lipinski definition) is 3. The van der Waals surface area contributed by atoms with Gasteiger partial charge in [0.25, 0.3) is 0 Å². The van der Waals surface area contributed by atoms with E-state index in [4.69, 9.17) is 4.74 Å². The van der Waals surface area contributed by atoms with Crippen LogP contribution in [-0.2, 0) is 18.8 Å². The van der Waals surface area contributed by atoms with Gasteiger partial charge in [-0.15, -0.1) is 0 Å². The number of aromatic nitrogens is 7. The summed E-state index contributed by atoms with van der Waals surface area (Å²) in [5.41, 5.74) is 2.75. The number of anilines is 5. The average Bonchev–Trinajstić information content (AvgIpc) is 3.26. The lowest BCUT2D eigenvalue weighted by molar-refractivity contribution is 0.0636. The Hall–Kier alpha value is -4.22. The zero-order chi connectivity index (χ0) is 23.8. The lowest BCUT2D eigenvalue weighted by Crippen LogP contribution is -2.27. The predicted molar refractivity (Wildman–Crippen MR) is 125 cm³/mol. The molecule has 4 aromatic rings. The van der Waals surface area contributed by atoms with Crippen LogP contribution in [0.4, 0.5) is 33.6 Å². The summed E-state index contributed by atoms with van der Waals surface area (Å²) < 4.78 is 8.66. The summed E-state index contributed by atoms with van der Waals surface area (Å²) in [6.07, 6.45) is 6.24. The van der Waals surface area contributed by atoms with E-state index < -0.39 is 11.7 Å². The van der Waals surface area contributed by atoms with E-state index in [1.165, 1.54) is 0 Å². The number of amides is 1. The Balaban J connectivity index is 1.56. The molecule has 0 bridgehead atoms. The Labute approximate surface area is 190 Å². The van der Waals surface area contributed by atoms with E-state index in [1.54, 1.807) is 61.8 Å². The van der Waals surface area contributed by atoms with Gasteiger partial charge in [0.2, 0.25) is 5.95 Å². The summed E-state index contributed by atoms with van der Waals surface area (Å²) in [6, 6.07) is 1.77. The molecule has 4 heterocycles. The molecule has 0 spiro atoms. The van der Waals surface area contributed by atoms with E-state index in [9.17, 15) is 4.79 Å². The monoisotopic (exact) mass is 450 g/mol. The molecule has 0 unspecified atom stereocenters. The van der Waals surface area contributed by atoms with Crippen molar-refractivity contribution in [2.24, 2.45) is 14.1 Å². The molecule has 0 saturated heterocycles. The molecule has 0 saturated carbocycles. The Morgan fingerprint density at radius 1 is 1.06 bits per heavy atom. The maximum atomic E-state index is 12.1. The first-order valence-corrected chi connectivity index (χ1v) is 10.3. The van der Waals surface area contributed by atoms with E-state index in [-0.39, 0.29) is 0 Å². The van der Waals surface area contributed by atoms with Crippen LogP contribution in [-0.4, -0.2) is 46.2 Å². The third-order valence-corrected chi connectivity index (χ3v) is 4.53. The van der Waals surface area contributed by atoms with E-state index >= 15 is 0 Å². The minimum atomic E-state index is -0.596. The lowest BCUT2D eigenvalue weighted by Gasteiger charge is -2.19. The molecule has 1 amide bonds. The van der Waals surface area contributed by atoms with Gasteiger partial charge in [0.15, 0.2) is 11.5 Å². The number of aryl methyl sites for hydroxylation is 3. The number of fused-ring (bicyclic) bond motifs is 1. The number of hydrogen-bond acceptors (Lipinski definition) is 9. The Bertz CT molecular complexity index is 1320. The van der Waals surface area contributed by atoms with Gasteiger partial charge in [-0.25, -0.2) is 14.5 Å². The molecule has 0 fully saturated rings. The molecule has 4 rings (SSSR count). The molecule has 0 aromatic carbocycles. The van der Waals surface area contributed by atoms with Crippen molar-refractivity contribution >= 4 is 46.0 Å². The highest BCUT2D eigenvalue weighted by atomic mass is 16.6. The number of pyridine rings is 1. The second-order valence-corrected chi connectivity index (χ2v) is 8.54. The normalized spacial score (nSPS) is 11.5. The number of ether oxygens (including phenoxy) is 1. The van der Waals surface area contributed by atoms with Crippen molar-refractivity contribution in [1.29, 1.82) is 0 Å². The van der Waals surface area contributed by atoms with Crippen molar-refractivity contribution in [2.45, 2.75) is 33.3 Å². The first-order chi connectivity index (χ1) is 15.6. The quantitative estimate of drug-likeness (QED) is 0.416. The zero-order valence-corrected chi connectivity index (χ0v) is 19.3. The van der Waals surface area contributed by atoms with Crippen LogP contribution in [0, 0.1) is 6.92 Å². The minimum absolute atomic E-state index is 0.437. The van der Waals surface area contributed by atoms with Crippen molar-refractivity contribution in [3.8, 4) is 0 Å². The van der Waals surface area contributed by atoms with Gasteiger partial charge in [0.1, 0.15) is 5.60 Å². The third kappa shape index (κ3) is 5.17. The second kappa shape index (κ2) is 8.37. The maximum Gasteiger partial charge on any atom is 0.412 e. The fraction of sp³-hybridized carbons (Fsp3) is 0.333. The minimum Gasteiger partial charge on any atom is -0.444 e. The molecular weight excluding hydrogens is 424 g/mol. The number of carbonyl (C=O) groups excluding carboxylic acids is 1. The van der Waals surface area contributed by atoms with Gasteiger partial charge < -0.3 is 15.4 Å². The molecule has 12 nitrogen and oxygen atoms in total. The summed E-state index contributed by atoms with van der Waals surface area (Å²) in [7, 11) is 3.64. The second-order valence-electron chi connectivity index (χ2n) is 8.54. The average molecular weight is 451 g/mol. The maximum absolute atomic E-state index is 12.1. The van der Waals surface area contributed by atoms with Gasteiger partial charge in [-0.1, -0.05) is 0 Å². The summed E-state index contributed by atoms with van der Waals surface area (Å²) in [6.45, 7) is 7.27. The number of rotatable bonds is 5. The molecule has 33 heavy (non-hydrogen) atoms. The molecule has 0 aliphatic rings. The van der Waals surface area contributed by atoms with Crippen LogP contribution >= 0.6 is 0 Å². The summed E-state index contributed by atoms with van der Waals surface area (Å²) in [5.74, 6) is 1.01. The Kier molecular flexibility index (Phi) is 5.58. The summed E-state index contributed by atoms with van der Waals surface area (Å²) in [5, 5.41) is 18.5. The SMILES string of the molecule is Cc1ncc(NC(=O)OC(C)(C)C)cc1Nc1nn(C)c2nc(Nc3cnn(C)c3)ncc12. The van der Waals surface area contributed by atoms with Crippen LogP contribution in [0.3, 0.4) is 0 Å². The van der Waals surface area contributed by atoms with Crippen molar-refractivity contribution in [1.82, 2.24) is 34.5 Å². The molecule has 4 aromatic heterocycles. The van der Waals surface area contributed by atoms with Crippen LogP contribution in [0.2, 0.25) is 0 Å². The van der Waals surface area contributed by atoms with Gasteiger partial charge in [-0.2, -0.15) is 15.2 Å². The van der Waals surface area contributed by atoms with Gasteiger partial charge in [0.05, 0.1) is 40.5 Å². The fourth-order valence-corrected chi connectivity index (χ4v) is 3.08. The number of nitrogens with zero attached hydrogens (tertiary/aromatic N) is 7. The molecule has 3 N–H and O–H groups in total. The molecular formula is C21H26N10O2. The zero-order valence-electron chi connectivity index (χ0n) is 19.3. The predicted octanol–water partition coefficient (Wildman–Crippen LogP) is 3.63. The van der Waals surface area contributed by atoms with Crippen LogP contribution in [0.1, 0.15) is 26.5 Å². The molecule has 0 atom stereocenters. The van der Waals surface area contributed by atoms with Gasteiger partial charge >= 0.3 is 6.09 Å².